The van der Waals surface area contributed by atoms with E-state index in [1.807, 2.05) is 11.3 Å². The average Bonchev–Trinajstić information content (AvgIpc) is 2.76. The number of hydrogen-bond donors (Lipinski definition) is 0. The van der Waals surface area contributed by atoms with Gasteiger partial charge in [-0.15, -0.1) is 11.3 Å². The number of nitrogens with zero attached hydrogens (tertiary/aromatic N) is 1. The Hall–Kier alpha value is -0.900. The predicted molar refractivity (Wildman–Crippen MR) is 96.1 cm³/mol. The van der Waals surface area contributed by atoms with Crippen molar-refractivity contribution in [1.82, 2.24) is 4.90 Å². The minimum absolute atomic E-state index is 1.09. The van der Waals surface area contributed by atoms with E-state index in [1.54, 1.807) is 0 Å². The number of benzene rings is 1. The number of rotatable bonds is 3. The van der Waals surface area contributed by atoms with Crippen LogP contribution in [0.25, 0.3) is 5.57 Å². The fraction of sp³-hybridized carbons (Fsp3) is 0.333. The number of thiophene rings is 1. The maximum absolute atomic E-state index is 3.66. The fourth-order valence-electron chi connectivity index (χ4n) is 2.87. The Morgan fingerprint density at radius 3 is 2.76 bits per heavy atom. The molecular weight excluding hydrogens is 342 g/mol. The summed E-state index contributed by atoms with van der Waals surface area (Å²) in [4.78, 5) is 3.69. The number of halogens is 1. The van der Waals surface area contributed by atoms with E-state index < -0.39 is 0 Å². The molecule has 0 fully saturated rings. The van der Waals surface area contributed by atoms with Crippen LogP contribution in [0.1, 0.15) is 28.0 Å². The lowest BCUT2D eigenvalue weighted by molar-refractivity contribution is 0.417. The highest BCUT2D eigenvalue weighted by Crippen LogP contribution is 2.40. The molecule has 21 heavy (non-hydrogen) atoms. The van der Waals surface area contributed by atoms with Crippen LogP contribution in [0.3, 0.4) is 0 Å². The predicted octanol–water partition coefficient (Wildman–Crippen LogP) is 4.99. The first kappa shape index (κ1) is 15.0. The first-order chi connectivity index (χ1) is 10.1. The molecule has 0 unspecified atom stereocenters. The van der Waals surface area contributed by atoms with Gasteiger partial charge in [-0.05, 0) is 77.6 Å². The molecule has 1 aromatic heterocycles. The lowest BCUT2D eigenvalue weighted by Gasteiger charge is -2.11. The molecule has 1 aromatic carbocycles. The molecule has 0 spiro atoms. The number of fused-ring (bicyclic) bond motifs is 2. The molecule has 1 heterocycles. The second-order valence-electron chi connectivity index (χ2n) is 5.77. The molecule has 0 atom stereocenters. The van der Waals surface area contributed by atoms with Crippen LogP contribution >= 0.6 is 27.3 Å². The molecule has 0 N–H and O–H groups in total. The van der Waals surface area contributed by atoms with Crippen molar-refractivity contribution in [1.29, 1.82) is 0 Å². The van der Waals surface area contributed by atoms with Gasteiger partial charge in [0.05, 0.1) is 3.79 Å². The Morgan fingerprint density at radius 2 is 1.95 bits per heavy atom. The Bertz CT molecular complexity index is 670. The van der Waals surface area contributed by atoms with Crippen LogP contribution in [0.4, 0.5) is 0 Å². The van der Waals surface area contributed by atoms with Gasteiger partial charge in [-0.2, -0.15) is 0 Å². The molecule has 0 bridgehead atoms. The van der Waals surface area contributed by atoms with Gasteiger partial charge in [-0.3, -0.25) is 0 Å². The minimum atomic E-state index is 1.09. The summed E-state index contributed by atoms with van der Waals surface area (Å²) in [6.07, 6.45) is 5.79. The van der Waals surface area contributed by atoms with Crippen LogP contribution in [0.5, 0.6) is 0 Å². The van der Waals surface area contributed by atoms with Crippen LogP contribution in [0.2, 0.25) is 0 Å². The summed E-state index contributed by atoms with van der Waals surface area (Å²) in [6, 6.07) is 11.2. The second kappa shape index (κ2) is 6.47. The molecule has 3 rings (SSSR count). The molecular formula is C18H20BrNS. The van der Waals surface area contributed by atoms with Crippen molar-refractivity contribution in [3.05, 3.63) is 61.8 Å². The summed E-state index contributed by atoms with van der Waals surface area (Å²) >= 11 is 5.53. The van der Waals surface area contributed by atoms with Gasteiger partial charge in [0.1, 0.15) is 0 Å². The Morgan fingerprint density at radius 1 is 1.19 bits per heavy atom. The second-order valence-corrected chi connectivity index (χ2v) is 8.20. The number of aryl methyl sites for hydroxylation is 2. The summed E-state index contributed by atoms with van der Waals surface area (Å²) in [5, 5.41) is 0. The van der Waals surface area contributed by atoms with Gasteiger partial charge < -0.3 is 4.90 Å². The van der Waals surface area contributed by atoms with Gasteiger partial charge in [-0.1, -0.05) is 30.3 Å². The van der Waals surface area contributed by atoms with Gasteiger partial charge >= 0.3 is 0 Å². The molecule has 0 saturated carbocycles. The van der Waals surface area contributed by atoms with E-state index >= 15 is 0 Å². The van der Waals surface area contributed by atoms with E-state index in [2.05, 4.69) is 71.3 Å². The van der Waals surface area contributed by atoms with E-state index in [9.17, 15) is 0 Å². The molecule has 0 saturated heterocycles. The van der Waals surface area contributed by atoms with Crippen molar-refractivity contribution in [2.75, 3.05) is 20.6 Å². The highest BCUT2D eigenvalue weighted by atomic mass is 79.9. The van der Waals surface area contributed by atoms with Crippen LogP contribution in [-0.4, -0.2) is 25.5 Å². The van der Waals surface area contributed by atoms with Gasteiger partial charge in [-0.25, -0.2) is 0 Å². The molecule has 1 nitrogen and oxygen atoms in total. The van der Waals surface area contributed by atoms with E-state index in [4.69, 9.17) is 0 Å². The highest BCUT2D eigenvalue weighted by Gasteiger charge is 2.20. The standard InChI is InChI=1S/C18H20BrNS/c1-20(2)11-5-8-16-15-7-4-3-6-13(15)9-10-14-12-17(19)21-18(14)16/h3-4,6-8,12H,5,9-11H2,1-2H3. The molecule has 1 aliphatic carbocycles. The molecule has 0 amide bonds. The summed E-state index contributed by atoms with van der Waals surface area (Å²) < 4.78 is 1.24. The van der Waals surface area contributed by atoms with Crippen molar-refractivity contribution >= 4 is 32.8 Å². The van der Waals surface area contributed by atoms with Crippen LogP contribution in [0, 0.1) is 0 Å². The molecule has 0 aliphatic heterocycles. The summed E-state index contributed by atoms with van der Waals surface area (Å²) in [6.45, 7) is 1.09. The molecule has 0 radical (unpaired) electrons. The minimum Gasteiger partial charge on any atom is -0.309 e. The van der Waals surface area contributed by atoms with Crippen molar-refractivity contribution in [3.8, 4) is 0 Å². The number of hydrogen-bond acceptors (Lipinski definition) is 2. The van der Waals surface area contributed by atoms with Crippen molar-refractivity contribution in [3.63, 3.8) is 0 Å². The lowest BCUT2D eigenvalue weighted by Crippen LogP contribution is -2.12. The van der Waals surface area contributed by atoms with Crippen molar-refractivity contribution < 1.29 is 0 Å². The summed E-state index contributed by atoms with van der Waals surface area (Å²) in [5.41, 5.74) is 5.81. The largest absolute Gasteiger partial charge is 0.309 e. The van der Waals surface area contributed by atoms with Crippen molar-refractivity contribution in [2.24, 2.45) is 0 Å². The van der Waals surface area contributed by atoms with E-state index in [1.165, 1.54) is 30.9 Å². The van der Waals surface area contributed by atoms with Gasteiger partial charge in [0.15, 0.2) is 0 Å². The quantitative estimate of drug-likeness (QED) is 0.743. The Kier molecular flexibility index (Phi) is 4.63. The first-order valence-corrected chi connectivity index (χ1v) is 8.98. The topological polar surface area (TPSA) is 3.24 Å². The third-order valence-electron chi connectivity index (χ3n) is 3.92. The zero-order valence-electron chi connectivity index (χ0n) is 12.5. The monoisotopic (exact) mass is 361 g/mol. The molecule has 1 aliphatic rings. The first-order valence-electron chi connectivity index (χ1n) is 7.37. The lowest BCUT2D eigenvalue weighted by atomic mass is 9.98. The van der Waals surface area contributed by atoms with Crippen LogP contribution < -0.4 is 0 Å². The smallest absolute Gasteiger partial charge is 0.0707 e. The van der Waals surface area contributed by atoms with Gasteiger partial charge in [0.25, 0.3) is 0 Å². The Labute approximate surface area is 139 Å². The van der Waals surface area contributed by atoms with Gasteiger partial charge in [0.2, 0.25) is 0 Å². The highest BCUT2D eigenvalue weighted by molar-refractivity contribution is 9.11. The average molecular weight is 362 g/mol. The molecule has 2 aromatic rings. The SMILES string of the molecule is CN(C)CCC=C1c2ccccc2CCc2cc(Br)sc21. The molecule has 3 heteroatoms. The maximum Gasteiger partial charge on any atom is 0.0707 e. The third kappa shape index (κ3) is 3.31. The van der Waals surface area contributed by atoms with Crippen LogP contribution in [-0.2, 0) is 12.8 Å². The van der Waals surface area contributed by atoms with Crippen LogP contribution in [0.15, 0.2) is 40.2 Å². The van der Waals surface area contributed by atoms with E-state index in [-0.39, 0.29) is 0 Å². The van der Waals surface area contributed by atoms with E-state index in [0.717, 1.165) is 25.8 Å². The third-order valence-corrected chi connectivity index (χ3v) is 5.63. The zero-order chi connectivity index (χ0) is 14.8. The fourth-order valence-corrected chi connectivity index (χ4v) is 4.62. The summed E-state index contributed by atoms with van der Waals surface area (Å²) in [5.74, 6) is 0. The van der Waals surface area contributed by atoms with Crippen molar-refractivity contribution in [2.45, 2.75) is 19.3 Å². The Balaban J connectivity index is 2.06. The maximum atomic E-state index is 3.66. The van der Waals surface area contributed by atoms with Gasteiger partial charge in [0, 0.05) is 11.4 Å². The summed E-state index contributed by atoms with van der Waals surface area (Å²) in [7, 11) is 4.26. The zero-order valence-corrected chi connectivity index (χ0v) is 14.9. The normalized spacial score (nSPS) is 15.9. The molecule has 110 valence electrons. The van der Waals surface area contributed by atoms with E-state index in [0.29, 0.717) is 0 Å².